The van der Waals surface area contributed by atoms with Crippen LogP contribution in [0.2, 0.25) is 0 Å². The van der Waals surface area contributed by atoms with Crippen molar-refractivity contribution in [3.8, 4) is 5.69 Å². The number of hydrogen-bond acceptors (Lipinski definition) is 1. The van der Waals surface area contributed by atoms with Gasteiger partial charge in [0, 0.05) is 18.3 Å². The summed E-state index contributed by atoms with van der Waals surface area (Å²) < 4.78 is 3.81. The molecule has 17 heavy (non-hydrogen) atoms. The van der Waals surface area contributed by atoms with Gasteiger partial charge >= 0.3 is 0 Å². The van der Waals surface area contributed by atoms with Gasteiger partial charge in [-0.25, -0.2) is 4.68 Å². The maximum absolute atomic E-state index is 12.0. The van der Waals surface area contributed by atoms with Crippen LogP contribution >= 0.6 is 0 Å². The van der Waals surface area contributed by atoms with Gasteiger partial charge in [0.2, 0.25) is 0 Å². The minimum absolute atomic E-state index is 0.0461. The Morgan fingerprint density at radius 2 is 1.88 bits per heavy atom. The van der Waals surface area contributed by atoms with Crippen molar-refractivity contribution in [2.45, 2.75) is 33.2 Å². The third-order valence-electron chi connectivity index (χ3n) is 2.91. The number of para-hydroxylation sites is 1. The van der Waals surface area contributed by atoms with Gasteiger partial charge in [-0.15, -0.1) is 0 Å². The Kier molecular flexibility index (Phi) is 3.47. The second kappa shape index (κ2) is 5.04. The topological polar surface area (TPSA) is 26.9 Å². The maximum Gasteiger partial charge on any atom is 0.271 e. The van der Waals surface area contributed by atoms with Gasteiger partial charge in [0.1, 0.15) is 0 Å². The van der Waals surface area contributed by atoms with Gasteiger partial charge in [-0.2, -0.15) is 0 Å². The van der Waals surface area contributed by atoms with E-state index in [1.807, 2.05) is 37.3 Å². The highest BCUT2D eigenvalue weighted by molar-refractivity contribution is 5.30. The lowest BCUT2D eigenvalue weighted by Gasteiger charge is -2.13. The lowest BCUT2D eigenvalue weighted by molar-refractivity contribution is 0.505. The van der Waals surface area contributed by atoms with Crippen molar-refractivity contribution in [2.24, 2.45) is 0 Å². The molecule has 0 fully saturated rings. The van der Waals surface area contributed by atoms with Gasteiger partial charge in [0.05, 0.1) is 5.69 Å². The standard InChI is InChI=1S/C14H18N2O/c1-3-4-10-15-12(2)11-14(17)16(15)13-8-6-5-7-9-13/h5-9,11H,3-4,10H2,1-2H3. The van der Waals surface area contributed by atoms with Gasteiger partial charge in [0.15, 0.2) is 0 Å². The lowest BCUT2D eigenvalue weighted by atomic mass is 10.3. The number of rotatable bonds is 4. The molecule has 3 heteroatoms. The van der Waals surface area contributed by atoms with Gasteiger partial charge in [-0.3, -0.25) is 9.48 Å². The van der Waals surface area contributed by atoms with Crippen molar-refractivity contribution >= 4 is 0 Å². The highest BCUT2D eigenvalue weighted by Gasteiger charge is 2.08. The Labute approximate surface area is 101 Å². The van der Waals surface area contributed by atoms with Gasteiger partial charge in [-0.1, -0.05) is 31.5 Å². The molecule has 0 atom stereocenters. The van der Waals surface area contributed by atoms with Crippen molar-refractivity contribution in [3.63, 3.8) is 0 Å². The Bertz CT molecular complexity index is 537. The first-order valence-electron chi connectivity index (χ1n) is 6.09. The molecule has 0 aliphatic heterocycles. The summed E-state index contributed by atoms with van der Waals surface area (Å²) in [4.78, 5) is 12.0. The largest absolute Gasteiger partial charge is 0.282 e. The predicted molar refractivity (Wildman–Crippen MR) is 69.7 cm³/mol. The van der Waals surface area contributed by atoms with E-state index < -0.39 is 0 Å². The molecule has 2 rings (SSSR count). The predicted octanol–water partition coefficient (Wildman–Crippen LogP) is 2.75. The minimum Gasteiger partial charge on any atom is -0.282 e. The Morgan fingerprint density at radius 3 is 2.53 bits per heavy atom. The molecule has 0 spiro atoms. The number of nitrogens with zero attached hydrogens (tertiary/aromatic N) is 2. The molecule has 0 N–H and O–H groups in total. The molecule has 0 aliphatic rings. The van der Waals surface area contributed by atoms with Gasteiger partial charge in [0.25, 0.3) is 5.56 Å². The second-order valence-corrected chi connectivity index (χ2v) is 4.25. The minimum atomic E-state index is 0.0461. The number of hydrogen-bond donors (Lipinski definition) is 0. The van der Waals surface area contributed by atoms with Crippen molar-refractivity contribution in [2.75, 3.05) is 0 Å². The SMILES string of the molecule is CCCCn1c(C)cc(=O)n1-c1ccccc1. The zero-order valence-corrected chi connectivity index (χ0v) is 10.4. The molecule has 0 aliphatic carbocycles. The van der Waals surface area contributed by atoms with E-state index in [1.54, 1.807) is 10.7 Å². The number of benzene rings is 1. The second-order valence-electron chi connectivity index (χ2n) is 4.25. The van der Waals surface area contributed by atoms with E-state index in [1.165, 1.54) is 0 Å². The molecule has 2 aromatic rings. The van der Waals surface area contributed by atoms with Crippen LogP contribution in [0.4, 0.5) is 0 Å². The first-order chi connectivity index (χ1) is 8.24. The van der Waals surface area contributed by atoms with E-state index >= 15 is 0 Å². The molecule has 0 amide bonds. The first-order valence-corrected chi connectivity index (χ1v) is 6.09. The Balaban J connectivity index is 2.49. The Hall–Kier alpha value is -1.77. The third-order valence-corrected chi connectivity index (χ3v) is 2.91. The molecule has 1 aromatic carbocycles. The number of unbranched alkanes of at least 4 members (excludes halogenated alkanes) is 1. The summed E-state index contributed by atoms with van der Waals surface area (Å²) in [6.45, 7) is 5.03. The number of aromatic nitrogens is 2. The maximum atomic E-state index is 12.0. The van der Waals surface area contributed by atoms with Gasteiger partial charge in [-0.05, 0) is 25.5 Å². The third kappa shape index (κ3) is 2.33. The van der Waals surface area contributed by atoms with E-state index in [4.69, 9.17) is 0 Å². The van der Waals surface area contributed by atoms with E-state index in [0.717, 1.165) is 30.8 Å². The fourth-order valence-electron chi connectivity index (χ4n) is 2.01. The molecule has 0 saturated heterocycles. The normalized spacial score (nSPS) is 10.7. The van der Waals surface area contributed by atoms with Crippen molar-refractivity contribution < 1.29 is 0 Å². The first kappa shape index (κ1) is 11.7. The van der Waals surface area contributed by atoms with E-state index in [9.17, 15) is 4.79 Å². The molecular formula is C14H18N2O. The molecule has 1 heterocycles. The molecule has 90 valence electrons. The summed E-state index contributed by atoms with van der Waals surface area (Å²) >= 11 is 0. The molecule has 1 aromatic heterocycles. The smallest absolute Gasteiger partial charge is 0.271 e. The van der Waals surface area contributed by atoms with Crippen LogP contribution in [0.15, 0.2) is 41.2 Å². The summed E-state index contributed by atoms with van der Waals surface area (Å²) in [6.07, 6.45) is 2.21. The number of aryl methyl sites for hydroxylation is 1. The average Bonchev–Trinajstić information content (AvgIpc) is 2.62. The molecule has 3 nitrogen and oxygen atoms in total. The van der Waals surface area contributed by atoms with Crippen molar-refractivity contribution in [1.82, 2.24) is 9.36 Å². The van der Waals surface area contributed by atoms with Crippen LogP contribution in [0, 0.1) is 6.92 Å². The van der Waals surface area contributed by atoms with E-state index in [2.05, 4.69) is 11.6 Å². The quantitative estimate of drug-likeness (QED) is 0.793. The zero-order valence-electron chi connectivity index (χ0n) is 10.4. The van der Waals surface area contributed by atoms with E-state index in [0.29, 0.717) is 0 Å². The van der Waals surface area contributed by atoms with Crippen LogP contribution in [0.3, 0.4) is 0 Å². The van der Waals surface area contributed by atoms with Crippen LogP contribution in [-0.4, -0.2) is 9.36 Å². The summed E-state index contributed by atoms with van der Waals surface area (Å²) in [6, 6.07) is 11.5. The lowest BCUT2D eigenvalue weighted by Crippen LogP contribution is -2.21. The summed E-state index contributed by atoms with van der Waals surface area (Å²) in [5.74, 6) is 0. The highest BCUT2D eigenvalue weighted by atomic mass is 16.1. The summed E-state index contributed by atoms with van der Waals surface area (Å²) in [7, 11) is 0. The highest BCUT2D eigenvalue weighted by Crippen LogP contribution is 2.08. The molecule has 0 bridgehead atoms. The molecule has 0 radical (unpaired) electrons. The van der Waals surface area contributed by atoms with Crippen LogP contribution in [-0.2, 0) is 6.54 Å². The van der Waals surface area contributed by atoms with Crippen molar-refractivity contribution in [3.05, 3.63) is 52.4 Å². The molecule has 0 saturated carbocycles. The fourth-order valence-corrected chi connectivity index (χ4v) is 2.01. The fraction of sp³-hybridized carbons (Fsp3) is 0.357. The van der Waals surface area contributed by atoms with Crippen LogP contribution in [0.25, 0.3) is 5.69 Å². The van der Waals surface area contributed by atoms with Gasteiger partial charge < -0.3 is 0 Å². The van der Waals surface area contributed by atoms with Crippen LogP contribution < -0.4 is 5.56 Å². The Morgan fingerprint density at radius 1 is 1.18 bits per heavy atom. The monoisotopic (exact) mass is 230 g/mol. The zero-order chi connectivity index (χ0) is 12.3. The molecule has 0 unspecified atom stereocenters. The summed E-state index contributed by atoms with van der Waals surface area (Å²) in [5, 5.41) is 0. The summed E-state index contributed by atoms with van der Waals surface area (Å²) in [5.41, 5.74) is 2.00. The van der Waals surface area contributed by atoms with Crippen molar-refractivity contribution in [1.29, 1.82) is 0 Å². The van der Waals surface area contributed by atoms with Crippen LogP contribution in [0.1, 0.15) is 25.5 Å². The van der Waals surface area contributed by atoms with E-state index in [-0.39, 0.29) is 5.56 Å². The van der Waals surface area contributed by atoms with Crippen LogP contribution in [0.5, 0.6) is 0 Å². The average molecular weight is 230 g/mol. The molecular weight excluding hydrogens is 212 g/mol.